The molecule has 0 saturated carbocycles. The predicted octanol–water partition coefficient (Wildman–Crippen LogP) is 5.82. The Bertz CT molecular complexity index is 1160. The lowest BCUT2D eigenvalue weighted by molar-refractivity contribution is -0.129. The molecule has 0 spiro atoms. The van der Waals surface area contributed by atoms with Crippen molar-refractivity contribution in [2.24, 2.45) is 0 Å². The van der Waals surface area contributed by atoms with Gasteiger partial charge in [0.1, 0.15) is 12.4 Å². The first-order chi connectivity index (χ1) is 15.5. The van der Waals surface area contributed by atoms with Gasteiger partial charge in [0.05, 0.1) is 12.5 Å². The van der Waals surface area contributed by atoms with Crippen LogP contribution in [0, 0.1) is 0 Å². The van der Waals surface area contributed by atoms with Crippen LogP contribution in [0.3, 0.4) is 0 Å². The molecular formula is C26H23ClN2O3. The number of nitrogens with one attached hydrogen (secondary N) is 1. The summed E-state index contributed by atoms with van der Waals surface area (Å²) >= 11 is 6.16. The minimum absolute atomic E-state index is 0.103. The van der Waals surface area contributed by atoms with E-state index >= 15 is 0 Å². The third-order valence-corrected chi connectivity index (χ3v) is 5.71. The molecule has 6 heteroatoms. The van der Waals surface area contributed by atoms with Gasteiger partial charge in [0, 0.05) is 29.4 Å². The molecule has 1 aliphatic rings. The Labute approximate surface area is 192 Å². The second kappa shape index (κ2) is 9.71. The first-order valence-electron chi connectivity index (χ1n) is 10.3. The number of rotatable bonds is 6. The van der Waals surface area contributed by atoms with Crippen molar-refractivity contribution >= 4 is 35.2 Å². The molecule has 1 N–H and O–H groups in total. The molecule has 4 rings (SSSR count). The first-order valence-corrected chi connectivity index (χ1v) is 10.7. The molecular weight excluding hydrogens is 424 g/mol. The molecule has 0 bridgehead atoms. The number of nitrogens with zero attached hydrogens (tertiary/aromatic N) is 1. The van der Waals surface area contributed by atoms with E-state index < -0.39 is 0 Å². The minimum Gasteiger partial charge on any atom is -0.489 e. The molecule has 1 aliphatic heterocycles. The average Bonchev–Trinajstić information content (AvgIpc) is 2.79. The normalized spacial score (nSPS) is 14.6. The zero-order chi connectivity index (χ0) is 22.5. The van der Waals surface area contributed by atoms with Gasteiger partial charge >= 0.3 is 0 Å². The van der Waals surface area contributed by atoms with Crippen LogP contribution in [-0.4, -0.2) is 16.7 Å². The van der Waals surface area contributed by atoms with Crippen molar-refractivity contribution in [3.63, 3.8) is 0 Å². The van der Waals surface area contributed by atoms with Gasteiger partial charge in [0.2, 0.25) is 11.8 Å². The number of fused-ring (bicyclic) bond motifs is 1. The molecule has 1 atom stereocenters. The van der Waals surface area contributed by atoms with Crippen LogP contribution in [0.1, 0.15) is 36.1 Å². The zero-order valence-electron chi connectivity index (χ0n) is 17.6. The van der Waals surface area contributed by atoms with Crippen LogP contribution in [0.15, 0.2) is 79.0 Å². The average molecular weight is 447 g/mol. The highest BCUT2D eigenvalue weighted by atomic mass is 35.5. The summed E-state index contributed by atoms with van der Waals surface area (Å²) in [6.07, 6.45) is 3.80. The Hall–Kier alpha value is -3.57. The fraction of sp³-hybridized carbons (Fsp3) is 0.154. The summed E-state index contributed by atoms with van der Waals surface area (Å²) in [4.78, 5) is 26.5. The standard InChI is InChI=1S/C26H23ClN2O3/c1-18(30)29-15-14-19-6-2-4-8-23(19)25(29)16-26(31)28-21-10-12-22(13-11-21)32-17-20-7-3-5-9-24(20)27/h2-15,25H,16-17H2,1H3,(H,28,31). The van der Waals surface area contributed by atoms with E-state index in [0.29, 0.717) is 23.1 Å². The molecule has 1 heterocycles. The van der Waals surface area contributed by atoms with Gasteiger partial charge in [-0.2, -0.15) is 0 Å². The van der Waals surface area contributed by atoms with Gasteiger partial charge in [-0.3, -0.25) is 9.59 Å². The molecule has 0 saturated heterocycles. The van der Waals surface area contributed by atoms with E-state index in [1.54, 1.807) is 35.4 Å². The monoisotopic (exact) mass is 446 g/mol. The number of halogens is 1. The van der Waals surface area contributed by atoms with Gasteiger partial charge in [-0.15, -0.1) is 0 Å². The van der Waals surface area contributed by atoms with Crippen molar-refractivity contribution in [1.82, 2.24) is 4.90 Å². The van der Waals surface area contributed by atoms with Crippen molar-refractivity contribution < 1.29 is 14.3 Å². The van der Waals surface area contributed by atoms with Crippen LogP contribution in [0.4, 0.5) is 5.69 Å². The van der Waals surface area contributed by atoms with Gasteiger partial charge in [0.15, 0.2) is 0 Å². The summed E-state index contributed by atoms with van der Waals surface area (Å²) in [5.74, 6) is 0.404. The summed E-state index contributed by atoms with van der Waals surface area (Å²) in [6.45, 7) is 1.87. The predicted molar refractivity (Wildman–Crippen MR) is 126 cm³/mol. The van der Waals surface area contributed by atoms with Crippen molar-refractivity contribution in [3.8, 4) is 5.75 Å². The van der Waals surface area contributed by atoms with Crippen molar-refractivity contribution in [2.45, 2.75) is 26.0 Å². The molecule has 2 amide bonds. The number of benzene rings is 3. The number of carbonyl (C=O) groups is 2. The van der Waals surface area contributed by atoms with E-state index in [-0.39, 0.29) is 24.3 Å². The van der Waals surface area contributed by atoms with Crippen molar-refractivity contribution in [2.75, 3.05) is 5.32 Å². The van der Waals surface area contributed by atoms with Crippen molar-refractivity contribution in [3.05, 3.63) is 101 Å². The van der Waals surface area contributed by atoms with E-state index in [1.165, 1.54) is 6.92 Å². The molecule has 162 valence electrons. The molecule has 0 aliphatic carbocycles. The number of hydrogen-bond acceptors (Lipinski definition) is 3. The summed E-state index contributed by atoms with van der Waals surface area (Å²) in [6, 6.07) is 22.2. The highest BCUT2D eigenvalue weighted by molar-refractivity contribution is 6.31. The maximum Gasteiger partial charge on any atom is 0.226 e. The van der Waals surface area contributed by atoms with Gasteiger partial charge in [-0.25, -0.2) is 0 Å². The smallest absolute Gasteiger partial charge is 0.226 e. The summed E-state index contributed by atoms with van der Waals surface area (Å²) in [5, 5.41) is 3.57. The second-order valence-corrected chi connectivity index (χ2v) is 7.95. The SMILES string of the molecule is CC(=O)N1C=Cc2ccccc2C1CC(=O)Nc1ccc(OCc2ccccc2Cl)cc1. The maximum absolute atomic E-state index is 12.8. The van der Waals surface area contributed by atoms with Crippen LogP contribution in [0.5, 0.6) is 5.75 Å². The third kappa shape index (κ3) is 5.01. The maximum atomic E-state index is 12.8. The fourth-order valence-electron chi connectivity index (χ4n) is 3.71. The molecule has 1 unspecified atom stereocenters. The highest BCUT2D eigenvalue weighted by Gasteiger charge is 2.28. The topological polar surface area (TPSA) is 58.6 Å². The summed E-state index contributed by atoms with van der Waals surface area (Å²) in [5.41, 5.74) is 3.55. The third-order valence-electron chi connectivity index (χ3n) is 5.34. The van der Waals surface area contributed by atoms with E-state index in [2.05, 4.69) is 5.32 Å². The molecule has 3 aromatic carbocycles. The first kappa shape index (κ1) is 21.7. The van der Waals surface area contributed by atoms with Crippen LogP contribution in [-0.2, 0) is 16.2 Å². The number of ether oxygens (including phenoxy) is 1. The Morgan fingerprint density at radius 3 is 2.47 bits per heavy atom. The van der Waals surface area contributed by atoms with Crippen LogP contribution < -0.4 is 10.1 Å². The lowest BCUT2D eigenvalue weighted by atomic mass is 9.93. The lowest BCUT2D eigenvalue weighted by Crippen LogP contribution is -2.33. The summed E-state index contributed by atoms with van der Waals surface area (Å²) in [7, 11) is 0. The van der Waals surface area contributed by atoms with Crippen LogP contribution >= 0.6 is 11.6 Å². The second-order valence-electron chi connectivity index (χ2n) is 7.54. The highest BCUT2D eigenvalue weighted by Crippen LogP contribution is 2.33. The molecule has 0 aromatic heterocycles. The Morgan fingerprint density at radius 2 is 1.72 bits per heavy atom. The molecule has 5 nitrogen and oxygen atoms in total. The number of amides is 2. The Kier molecular flexibility index (Phi) is 6.57. The van der Waals surface area contributed by atoms with E-state index in [9.17, 15) is 9.59 Å². The molecule has 0 radical (unpaired) electrons. The number of carbonyl (C=O) groups excluding carboxylic acids is 2. The largest absolute Gasteiger partial charge is 0.489 e. The molecule has 32 heavy (non-hydrogen) atoms. The number of hydrogen-bond donors (Lipinski definition) is 1. The minimum atomic E-state index is -0.341. The van der Waals surface area contributed by atoms with Crippen LogP contribution in [0.2, 0.25) is 5.02 Å². The van der Waals surface area contributed by atoms with Crippen LogP contribution in [0.25, 0.3) is 6.08 Å². The molecule has 0 fully saturated rings. The lowest BCUT2D eigenvalue weighted by Gasteiger charge is -2.32. The van der Waals surface area contributed by atoms with Gasteiger partial charge < -0.3 is 15.0 Å². The van der Waals surface area contributed by atoms with Gasteiger partial charge in [0.25, 0.3) is 0 Å². The fourth-order valence-corrected chi connectivity index (χ4v) is 3.90. The number of anilines is 1. The van der Waals surface area contributed by atoms with Gasteiger partial charge in [-0.1, -0.05) is 54.1 Å². The Balaban J connectivity index is 1.39. The van der Waals surface area contributed by atoms with Crippen molar-refractivity contribution in [1.29, 1.82) is 0 Å². The van der Waals surface area contributed by atoms with E-state index in [0.717, 1.165) is 16.7 Å². The quantitative estimate of drug-likeness (QED) is 0.518. The molecule has 3 aromatic rings. The van der Waals surface area contributed by atoms with E-state index in [4.69, 9.17) is 16.3 Å². The zero-order valence-corrected chi connectivity index (χ0v) is 18.4. The summed E-state index contributed by atoms with van der Waals surface area (Å²) < 4.78 is 5.78. The van der Waals surface area contributed by atoms with E-state index in [1.807, 2.05) is 54.6 Å². The Morgan fingerprint density at radius 1 is 1.00 bits per heavy atom. The van der Waals surface area contributed by atoms with Gasteiger partial charge in [-0.05, 0) is 47.5 Å².